The Hall–Kier alpha value is -2.10. The molecule has 0 saturated carbocycles. The van der Waals surface area contributed by atoms with Crippen molar-refractivity contribution in [1.29, 1.82) is 0 Å². The minimum Gasteiger partial charge on any atom is -0.392 e. The number of para-hydroxylation sites is 1. The number of fused-ring (bicyclic) bond motifs is 3. The predicted molar refractivity (Wildman–Crippen MR) is 94.4 cm³/mol. The van der Waals surface area contributed by atoms with Gasteiger partial charge >= 0.3 is 0 Å². The predicted octanol–water partition coefficient (Wildman–Crippen LogP) is 5.04. The van der Waals surface area contributed by atoms with E-state index >= 15 is 0 Å². The van der Waals surface area contributed by atoms with Crippen LogP contribution in [0.25, 0.3) is 27.5 Å². The molecule has 0 atom stereocenters. The molecule has 4 aromatic rings. The third-order valence-electron chi connectivity index (χ3n) is 4.01. The fraction of sp³-hybridized carbons (Fsp3) is 0.0526. The van der Waals surface area contributed by atoms with E-state index in [0.717, 1.165) is 15.7 Å². The van der Waals surface area contributed by atoms with Crippen molar-refractivity contribution in [2.75, 3.05) is 0 Å². The molecule has 22 heavy (non-hydrogen) atoms. The topological polar surface area (TPSA) is 25.2 Å². The standard InChI is InChI=1S/C19H14BrNO/c20-14-7-10-19-17(11-14)16-3-1-2-4-18(16)21(19)15-8-5-13(12-22)6-9-15/h1-11,22H,12H2. The summed E-state index contributed by atoms with van der Waals surface area (Å²) in [6.45, 7) is 0.0698. The molecule has 0 aliphatic rings. The SMILES string of the molecule is OCc1ccc(-n2c3ccccc3c3cc(Br)ccc32)cc1. The van der Waals surface area contributed by atoms with Gasteiger partial charge in [-0.2, -0.15) is 0 Å². The fourth-order valence-corrected chi connectivity index (χ4v) is 3.33. The summed E-state index contributed by atoms with van der Waals surface area (Å²) in [5, 5.41) is 11.7. The molecule has 1 aromatic heterocycles. The highest BCUT2D eigenvalue weighted by molar-refractivity contribution is 9.10. The normalized spacial score (nSPS) is 11.4. The molecular weight excluding hydrogens is 338 g/mol. The molecule has 0 fully saturated rings. The maximum atomic E-state index is 9.22. The highest BCUT2D eigenvalue weighted by atomic mass is 79.9. The number of aliphatic hydroxyl groups excluding tert-OH is 1. The molecule has 0 unspecified atom stereocenters. The van der Waals surface area contributed by atoms with E-state index in [2.05, 4.69) is 75.1 Å². The van der Waals surface area contributed by atoms with Crippen LogP contribution in [-0.2, 0) is 6.61 Å². The van der Waals surface area contributed by atoms with E-state index in [0.29, 0.717) is 0 Å². The van der Waals surface area contributed by atoms with Gasteiger partial charge in [-0.15, -0.1) is 0 Å². The summed E-state index contributed by atoms with van der Waals surface area (Å²) in [5.41, 5.74) is 4.39. The summed E-state index contributed by atoms with van der Waals surface area (Å²) in [6, 6.07) is 22.8. The Morgan fingerprint density at radius 2 is 1.55 bits per heavy atom. The van der Waals surface area contributed by atoms with Crippen LogP contribution >= 0.6 is 15.9 Å². The molecule has 3 heteroatoms. The zero-order valence-electron chi connectivity index (χ0n) is 11.8. The Labute approximate surface area is 136 Å². The van der Waals surface area contributed by atoms with Crippen LogP contribution in [0.1, 0.15) is 5.56 Å². The number of benzene rings is 3. The van der Waals surface area contributed by atoms with Crippen molar-refractivity contribution in [2.24, 2.45) is 0 Å². The molecule has 0 radical (unpaired) electrons. The summed E-state index contributed by atoms with van der Waals surface area (Å²) in [6.07, 6.45) is 0. The Morgan fingerprint density at radius 3 is 2.32 bits per heavy atom. The summed E-state index contributed by atoms with van der Waals surface area (Å²) < 4.78 is 3.34. The first-order valence-electron chi connectivity index (χ1n) is 7.17. The number of rotatable bonds is 2. The molecule has 0 aliphatic heterocycles. The van der Waals surface area contributed by atoms with Crippen LogP contribution in [0.5, 0.6) is 0 Å². The number of aliphatic hydroxyl groups is 1. The molecular formula is C19H14BrNO. The molecule has 0 aliphatic carbocycles. The number of halogens is 1. The van der Waals surface area contributed by atoms with Gasteiger partial charge < -0.3 is 9.67 Å². The second-order valence-electron chi connectivity index (χ2n) is 5.34. The van der Waals surface area contributed by atoms with Crippen LogP contribution < -0.4 is 0 Å². The number of hydrogen-bond donors (Lipinski definition) is 1. The van der Waals surface area contributed by atoms with Gasteiger partial charge in [-0.25, -0.2) is 0 Å². The van der Waals surface area contributed by atoms with Crippen molar-refractivity contribution in [2.45, 2.75) is 6.61 Å². The smallest absolute Gasteiger partial charge is 0.0681 e. The van der Waals surface area contributed by atoms with E-state index in [1.807, 2.05) is 12.1 Å². The molecule has 108 valence electrons. The third kappa shape index (κ3) is 2.05. The van der Waals surface area contributed by atoms with Crippen molar-refractivity contribution >= 4 is 37.7 Å². The number of hydrogen-bond acceptors (Lipinski definition) is 1. The molecule has 3 aromatic carbocycles. The molecule has 0 bridgehead atoms. The highest BCUT2D eigenvalue weighted by Gasteiger charge is 2.11. The Morgan fingerprint density at radius 1 is 0.818 bits per heavy atom. The van der Waals surface area contributed by atoms with E-state index in [4.69, 9.17) is 0 Å². The van der Waals surface area contributed by atoms with Crippen LogP contribution in [0.15, 0.2) is 71.2 Å². The second-order valence-corrected chi connectivity index (χ2v) is 6.25. The van der Waals surface area contributed by atoms with Crippen molar-refractivity contribution in [3.63, 3.8) is 0 Å². The van der Waals surface area contributed by atoms with Crippen molar-refractivity contribution in [3.05, 3.63) is 76.8 Å². The lowest BCUT2D eigenvalue weighted by atomic mass is 10.2. The van der Waals surface area contributed by atoms with Crippen LogP contribution in [0.3, 0.4) is 0 Å². The lowest BCUT2D eigenvalue weighted by molar-refractivity contribution is 0.282. The lowest BCUT2D eigenvalue weighted by Crippen LogP contribution is -1.94. The molecule has 2 nitrogen and oxygen atoms in total. The van der Waals surface area contributed by atoms with Gasteiger partial charge in [-0.3, -0.25) is 0 Å². The van der Waals surface area contributed by atoms with Gasteiger partial charge in [0.2, 0.25) is 0 Å². The first-order valence-corrected chi connectivity index (χ1v) is 7.96. The minimum absolute atomic E-state index is 0.0698. The zero-order valence-corrected chi connectivity index (χ0v) is 13.4. The first kappa shape index (κ1) is 13.6. The van der Waals surface area contributed by atoms with E-state index in [1.165, 1.54) is 21.8 Å². The van der Waals surface area contributed by atoms with Gasteiger partial charge in [0.1, 0.15) is 0 Å². The van der Waals surface area contributed by atoms with Crippen LogP contribution in [0, 0.1) is 0 Å². The fourth-order valence-electron chi connectivity index (χ4n) is 2.97. The van der Waals surface area contributed by atoms with Gasteiger partial charge in [0.25, 0.3) is 0 Å². The van der Waals surface area contributed by atoms with Gasteiger partial charge in [0, 0.05) is 20.9 Å². The van der Waals surface area contributed by atoms with E-state index in [-0.39, 0.29) is 6.61 Å². The second kappa shape index (κ2) is 5.27. The Balaban J connectivity index is 2.09. The van der Waals surface area contributed by atoms with Crippen LogP contribution in [0.2, 0.25) is 0 Å². The monoisotopic (exact) mass is 351 g/mol. The zero-order chi connectivity index (χ0) is 15.1. The molecule has 0 amide bonds. The largest absolute Gasteiger partial charge is 0.392 e. The van der Waals surface area contributed by atoms with Crippen molar-refractivity contribution < 1.29 is 5.11 Å². The minimum atomic E-state index is 0.0698. The number of nitrogens with zero attached hydrogens (tertiary/aromatic N) is 1. The summed E-state index contributed by atoms with van der Waals surface area (Å²) >= 11 is 3.57. The van der Waals surface area contributed by atoms with Crippen molar-refractivity contribution in [1.82, 2.24) is 4.57 Å². The van der Waals surface area contributed by atoms with E-state index < -0.39 is 0 Å². The summed E-state index contributed by atoms with van der Waals surface area (Å²) in [4.78, 5) is 0. The van der Waals surface area contributed by atoms with Crippen molar-refractivity contribution in [3.8, 4) is 5.69 Å². The third-order valence-corrected chi connectivity index (χ3v) is 4.50. The van der Waals surface area contributed by atoms with Crippen LogP contribution in [0.4, 0.5) is 0 Å². The van der Waals surface area contributed by atoms with Gasteiger partial charge in [-0.1, -0.05) is 46.3 Å². The molecule has 0 saturated heterocycles. The lowest BCUT2D eigenvalue weighted by Gasteiger charge is -2.08. The Kier molecular flexibility index (Phi) is 3.25. The summed E-state index contributed by atoms with van der Waals surface area (Å²) in [7, 11) is 0. The van der Waals surface area contributed by atoms with Gasteiger partial charge in [-0.05, 0) is 42.0 Å². The Bertz CT molecular complexity index is 970. The van der Waals surface area contributed by atoms with Gasteiger partial charge in [0.15, 0.2) is 0 Å². The summed E-state index contributed by atoms with van der Waals surface area (Å²) in [5.74, 6) is 0. The molecule has 4 rings (SSSR count). The highest BCUT2D eigenvalue weighted by Crippen LogP contribution is 2.33. The molecule has 1 heterocycles. The first-order chi connectivity index (χ1) is 10.8. The van der Waals surface area contributed by atoms with E-state index in [1.54, 1.807) is 0 Å². The maximum Gasteiger partial charge on any atom is 0.0681 e. The van der Waals surface area contributed by atoms with Gasteiger partial charge in [0.05, 0.1) is 17.6 Å². The molecule has 0 spiro atoms. The van der Waals surface area contributed by atoms with E-state index in [9.17, 15) is 5.11 Å². The average Bonchev–Trinajstić information content (AvgIpc) is 2.89. The van der Waals surface area contributed by atoms with Crippen LogP contribution in [-0.4, -0.2) is 9.67 Å². The maximum absolute atomic E-state index is 9.22. The quantitative estimate of drug-likeness (QED) is 0.537. The number of aromatic nitrogens is 1. The molecule has 1 N–H and O–H groups in total. The average molecular weight is 352 g/mol.